The topological polar surface area (TPSA) is 41.9 Å². The van der Waals surface area contributed by atoms with Gasteiger partial charge in [-0.1, -0.05) is 13.8 Å². The fourth-order valence-electron chi connectivity index (χ4n) is 2.25. The first-order chi connectivity index (χ1) is 9.65. The van der Waals surface area contributed by atoms with Gasteiger partial charge >= 0.3 is 0 Å². The molecule has 0 aromatic carbocycles. The van der Waals surface area contributed by atoms with Gasteiger partial charge in [0.2, 0.25) is 0 Å². The summed E-state index contributed by atoms with van der Waals surface area (Å²) >= 11 is 1.70. The van der Waals surface area contributed by atoms with E-state index in [1.165, 1.54) is 4.88 Å². The zero-order valence-corrected chi connectivity index (χ0v) is 13.5. The SMILES string of the molecule is CCCN(CCC)c1cnc(-c2nc(C)sc2C)cn1. The van der Waals surface area contributed by atoms with Gasteiger partial charge in [-0.15, -0.1) is 11.3 Å². The van der Waals surface area contributed by atoms with Crippen LogP contribution in [0.5, 0.6) is 0 Å². The molecule has 20 heavy (non-hydrogen) atoms. The Morgan fingerprint density at radius 3 is 2.20 bits per heavy atom. The van der Waals surface area contributed by atoms with Crippen LogP contribution in [0.4, 0.5) is 5.82 Å². The maximum Gasteiger partial charge on any atom is 0.147 e. The Balaban J connectivity index is 2.22. The van der Waals surface area contributed by atoms with E-state index in [0.29, 0.717) is 0 Å². The Hall–Kier alpha value is -1.49. The third-order valence-corrected chi connectivity index (χ3v) is 3.98. The first-order valence-electron chi connectivity index (χ1n) is 7.17. The average Bonchev–Trinajstić information content (AvgIpc) is 2.78. The fourth-order valence-corrected chi connectivity index (χ4v) is 3.08. The second-order valence-corrected chi connectivity index (χ2v) is 6.29. The molecule has 0 bridgehead atoms. The molecule has 0 amide bonds. The molecule has 2 aromatic rings. The number of aryl methyl sites for hydroxylation is 2. The molecule has 0 N–H and O–H groups in total. The van der Waals surface area contributed by atoms with E-state index in [0.717, 1.165) is 48.1 Å². The van der Waals surface area contributed by atoms with Crippen molar-refractivity contribution in [1.29, 1.82) is 0 Å². The molecule has 2 aromatic heterocycles. The molecule has 0 spiro atoms. The van der Waals surface area contributed by atoms with Crippen molar-refractivity contribution in [2.45, 2.75) is 40.5 Å². The highest BCUT2D eigenvalue weighted by Gasteiger charge is 2.11. The van der Waals surface area contributed by atoms with Gasteiger partial charge in [-0.3, -0.25) is 0 Å². The summed E-state index contributed by atoms with van der Waals surface area (Å²) in [5.41, 5.74) is 1.83. The van der Waals surface area contributed by atoms with Crippen LogP contribution in [0.25, 0.3) is 11.4 Å². The van der Waals surface area contributed by atoms with E-state index in [2.05, 4.69) is 40.6 Å². The van der Waals surface area contributed by atoms with Gasteiger partial charge in [-0.25, -0.2) is 15.0 Å². The highest BCUT2D eigenvalue weighted by Crippen LogP contribution is 2.25. The molecule has 0 unspecified atom stereocenters. The van der Waals surface area contributed by atoms with Crippen molar-refractivity contribution >= 4 is 17.2 Å². The molecular weight excluding hydrogens is 268 g/mol. The minimum atomic E-state index is 0.864. The summed E-state index contributed by atoms with van der Waals surface area (Å²) in [5, 5.41) is 1.07. The van der Waals surface area contributed by atoms with E-state index in [1.54, 1.807) is 11.3 Å². The molecule has 5 heteroatoms. The molecule has 0 atom stereocenters. The van der Waals surface area contributed by atoms with E-state index in [1.807, 2.05) is 19.3 Å². The van der Waals surface area contributed by atoms with E-state index in [9.17, 15) is 0 Å². The van der Waals surface area contributed by atoms with Gasteiger partial charge in [0.15, 0.2) is 0 Å². The molecule has 0 aliphatic carbocycles. The molecular formula is C15H22N4S. The lowest BCUT2D eigenvalue weighted by Gasteiger charge is -2.22. The summed E-state index contributed by atoms with van der Waals surface area (Å²) in [6, 6.07) is 0. The van der Waals surface area contributed by atoms with Gasteiger partial charge in [0.05, 0.1) is 17.4 Å². The molecule has 4 nitrogen and oxygen atoms in total. The summed E-state index contributed by atoms with van der Waals surface area (Å²) in [7, 11) is 0. The average molecular weight is 290 g/mol. The summed E-state index contributed by atoms with van der Waals surface area (Å²) in [5.74, 6) is 0.960. The first kappa shape index (κ1) is 14.9. The van der Waals surface area contributed by atoms with Crippen LogP contribution in [0.1, 0.15) is 36.6 Å². The standard InChI is InChI=1S/C15H22N4S/c1-5-7-19(8-6-2)14-10-16-13(9-17-14)15-11(3)20-12(4)18-15/h9-10H,5-8H2,1-4H3. The number of thiazole rings is 1. The van der Waals surface area contributed by atoms with Crippen molar-refractivity contribution in [2.24, 2.45) is 0 Å². The van der Waals surface area contributed by atoms with Crippen LogP contribution in [0.3, 0.4) is 0 Å². The molecule has 108 valence electrons. The van der Waals surface area contributed by atoms with Crippen molar-refractivity contribution in [3.63, 3.8) is 0 Å². The van der Waals surface area contributed by atoms with Gasteiger partial charge in [0.1, 0.15) is 17.2 Å². The number of hydrogen-bond donors (Lipinski definition) is 0. The van der Waals surface area contributed by atoms with E-state index in [-0.39, 0.29) is 0 Å². The van der Waals surface area contributed by atoms with Crippen molar-refractivity contribution in [2.75, 3.05) is 18.0 Å². The third kappa shape index (κ3) is 3.33. The smallest absolute Gasteiger partial charge is 0.147 e. The van der Waals surface area contributed by atoms with Crippen LogP contribution in [0.15, 0.2) is 12.4 Å². The largest absolute Gasteiger partial charge is 0.355 e. The van der Waals surface area contributed by atoms with Gasteiger partial charge < -0.3 is 4.90 Å². The van der Waals surface area contributed by atoms with Gasteiger partial charge in [0.25, 0.3) is 0 Å². The second-order valence-electron chi connectivity index (χ2n) is 4.88. The van der Waals surface area contributed by atoms with Crippen molar-refractivity contribution in [1.82, 2.24) is 15.0 Å². The molecule has 2 heterocycles. The molecule has 0 aliphatic heterocycles. The predicted octanol–water partition coefficient (Wildman–Crippen LogP) is 3.84. The quantitative estimate of drug-likeness (QED) is 0.810. The summed E-state index contributed by atoms with van der Waals surface area (Å²) in [6.45, 7) is 10.5. The van der Waals surface area contributed by atoms with Crippen molar-refractivity contribution in [3.05, 3.63) is 22.3 Å². The number of nitrogens with zero attached hydrogens (tertiary/aromatic N) is 4. The normalized spacial score (nSPS) is 10.8. The minimum absolute atomic E-state index is 0.864. The monoisotopic (exact) mass is 290 g/mol. The predicted molar refractivity (Wildman–Crippen MR) is 85.4 cm³/mol. The van der Waals surface area contributed by atoms with E-state index >= 15 is 0 Å². The maximum absolute atomic E-state index is 4.57. The Labute approximate surface area is 124 Å². The molecule has 0 fully saturated rings. The van der Waals surface area contributed by atoms with Crippen molar-refractivity contribution in [3.8, 4) is 11.4 Å². The zero-order valence-electron chi connectivity index (χ0n) is 12.7. The van der Waals surface area contributed by atoms with Gasteiger partial charge in [0, 0.05) is 18.0 Å². The molecule has 0 saturated heterocycles. The Kier molecular flexibility index (Phi) is 5.06. The van der Waals surface area contributed by atoms with Gasteiger partial charge in [-0.05, 0) is 26.7 Å². The molecule has 2 rings (SSSR count). The minimum Gasteiger partial charge on any atom is -0.355 e. The van der Waals surface area contributed by atoms with Crippen LogP contribution in [-0.4, -0.2) is 28.0 Å². The van der Waals surface area contributed by atoms with Crippen LogP contribution in [0, 0.1) is 13.8 Å². The molecule has 0 saturated carbocycles. The highest BCUT2D eigenvalue weighted by molar-refractivity contribution is 7.11. The molecule has 0 aliphatic rings. The Morgan fingerprint density at radius 2 is 1.75 bits per heavy atom. The van der Waals surface area contributed by atoms with Gasteiger partial charge in [-0.2, -0.15) is 0 Å². The van der Waals surface area contributed by atoms with E-state index < -0.39 is 0 Å². The van der Waals surface area contributed by atoms with Crippen LogP contribution in [-0.2, 0) is 0 Å². The number of aromatic nitrogens is 3. The Morgan fingerprint density at radius 1 is 1.05 bits per heavy atom. The van der Waals surface area contributed by atoms with Crippen LogP contribution in [0.2, 0.25) is 0 Å². The van der Waals surface area contributed by atoms with Crippen molar-refractivity contribution < 1.29 is 0 Å². The summed E-state index contributed by atoms with van der Waals surface area (Å²) in [4.78, 5) is 17.1. The number of hydrogen-bond acceptors (Lipinski definition) is 5. The number of anilines is 1. The zero-order chi connectivity index (χ0) is 14.5. The summed E-state index contributed by atoms with van der Waals surface area (Å²) < 4.78 is 0. The lowest BCUT2D eigenvalue weighted by Crippen LogP contribution is -2.25. The number of rotatable bonds is 6. The Bertz CT molecular complexity index is 542. The second kappa shape index (κ2) is 6.79. The first-order valence-corrected chi connectivity index (χ1v) is 7.98. The van der Waals surface area contributed by atoms with Crippen LogP contribution >= 0.6 is 11.3 Å². The third-order valence-electron chi connectivity index (χ3n) is 3.10. The maximum atomic E-state index is 4.57. The van der Waals surface area contributed by atoms with E-state index in [4.69, 9.17) is 0 Å². The lowest BCUT2D eigenvalue weighted by molar-refractivity contribution is 0.732. The highest BCUT2D eigenvalue weighted by atomic mass is 32.1. The van der Waals surface area contributed by atoms with Crippen LogP contribution < -0.4 is 4.90 Å². The summed E-state index contributed by atoms with van der Waals surface area (Å²) in [6.07, 6.45) is 5.95. The molecule has 0 radical (unpaired) electrons. The fraction of sp³-hybridized carbons (Fsp3) is 0.533. The lowest BCUT2D eigenvalue weighted by atomic mass is 10.3.